The minimum Gasteiger partial charge on any atom is -0.403 e. The third kappa shape index (κ3) is 3.10. The fourth-order valence-electron chi connectivity index (χ4n) is 0.209. The van der Waals surface area contributed by atoms with E-state index in [-0.39, 0.29) is 11.7 Å². The highest BCUT2D eigenvalue weighted by molar-refractivity contribution is 6.37. The molecule has 0 bridgehead atoms. The average Bonchev–Trinajstić information content (AvgIpc) is 1.82. The zero-order chi connectivity index (χ0) is 7.28. The first kappa shape index (κ1) is 7.48. The molecule has 0 fully saturated rings. The van der Waals surface area contributed by atoms with E-state index >= 15 is 0 Å². The van der Waals surface area contributed by atoms with Crippen molar-refractivity contribution in [3.8, 4) is 0 Å². The van der Waals surface area contributed by atoms with E-state index < -0.39 is 0 Å². The van der Waals surface area contributed by atoms with Gasteiger partial charge in [-0.15, -0.1) is 0 Å². The fourth-order valence-corrected chi connectivity index (χ4v) is 0.209. The lowest BCUT2D eigenvalue weighted by atomic mass is 10.5. The van der Waals surface area contributed by atoms with Crippen LogP contribution in [-0.4, -0.2) is 11.7 Å². The van der Waals surface area contributed by atoms with Crippen molar-refractivity contribution < 1.29 is 0 Å². The van der Waals surface area contributed by atoms with E-state index in [1.54, 1.807) is 0 Å². The maximum atomic E-state index is 6.88. The van der Waals surface area contributed by atoms with Crippen molar-refractivity contribution in [2.45, 2.75) is 0 Å². The number of amidine groups is 2. The Kier molecular flexibility index (Phi) is 2.89. The van der Waals surface area contributed by atoms with Crippen LogP contribution in [0.15, 0.2) is 12.4 Å². The molecule has 0 aromatic heterocycles. The van der Waals surface area contributed by atoms with Gasteiger partial charge in [-0.1, -0.05) is 0 Å². The van der Waals surface area contributed by atoms with Gasteiger partial charge in [0.25, 0.3) is 0 Å². The normalized spacial score (nSPS) is 9.33. The highest BCUT2D eigenvalue weighted by Crippen LogP contribution is 1.63. The molecule has 5 heteroatoms. The minimum atomic E-state index is -0.312. The van der Waals surface area contributed by atoms with Crippen LogP contribution in [0.3, 0.4) is 0 Å². The Morgan fingerprint density at radius 3 is 2.33 bits per heavy atom. The van der Waals surface area contributed by atoms with E-state index in [0.717, 1.165) is 0 Å². The number of hydrogen-bond donors (Lipinski definition) is 5. The molecule has 0 radical (unpaired) electrons. The highest BCUT2D eigenvalue weighted by atomic mass is 15.0. The fraction of sp³-hybridized carbons (Fsp3) is 0. The second-order valence-electron chi connectivity index (χ2n) is 1.29. The van der Waals surface area contributed by atoms with Crippen molar-refractivity contribution in [2.24, 2.45) is 11.5 Å². The van der Waals surface area contributed by atoms with Crippen molar-refractivity contribution in [2.75, 3.05) is 0 Å². The average molecular weight is 127 g/mol. The molecule has 0 saturated heterocycles. The van der Waals surface area contributed by atoms with Gasteiger partial charge in [0, 0.05) is 12.4 Å². The SMILES string of the molecule is N=C(N)C(=N)N/C=C\N. The molecule has 9 heavy (non-hydrogen) atoms. The summed E-state index contributed by atoms with van der Waals surface area (Å²) < 4.78 is 0. The Morgan fingerprint density at radius 1 is 1.44 bits per heavy atom. The quantitative estimate of drug-likeness (QED) is 0.228. The number of nitrogens with one attached hydrogen (secondary N) is 3. The van der Waals surface area contributed by atoms with E-state index in [1.807, 2.05) is 0 Å². The molecule has 5 nitrogen and oxygen atoms in total. The van der Waals surface area contributed by atoms with Crippen molar-refractivity contribution in [3.63, 3.8) is 0 Å². The smallest absolute Gasteiger partial charge is 0.164 e. The highest BCUT2D eigenvalue weighted by Gasteiger charge is 1.92. The van der Waals surface area contributed by atoms with Gasteiger partial charge in [0.2, 0.25) is 0 Å². The van der Waals surface area contributed by atoms with Crippen LogP contribution in [0.4, 0.5) is 0 Å². The number of hydrogen-bond acceptors (Lipinski definition) is 3. The summed E-state index contributed by atoms with van der Waals surface area (Å²) in [7, 11) is 0. The summed E-state index contributed by atoms with van der Waals surface area (Å²) in [6.45, 7) is 0. The summed E-state index contributed by atoms with van der Waals surface area (Å²) in [6, 6.07) is 0. The molecular formula is C4H9N5. The van der Waals surface area contributed by atoms with E-state index in [9.17, 15) is 0 Å². The second kappa shape index (κ2) is 3.48. The van der Waals surface area contributed by atoms with Gasteiger partial charge in [0.1, 0.15) is 0 Å². The number of nitrogens with two attached hydrogens (primary N) is 2. The van der Waals surface area contributed by atoms with E-state index in [0.29, 0.717) is 0 Å². The molecule has 0 aliphatic rings. The van der Waals surface area contributed by atoms with E-state index in [1.165, 1.54) is 12.4 Å². The monoisotopic (exact) mass is 127 g/mol. The van der Waals surface area contributed by atoms with Gasteiger partial charge in [-0.05, 0) is 0 Å². The summed E-state index contributed by atoms with van der Waals surface area (Å²) in [5, 5.41) is 15.9. The summed E-state index contributed by atoms with van der Waals surface area (Å²) in [5.74, 6) is -0.468. The first-order valence-electron chi connectivity index (χ1n) is 2.24. The molecule has 0 aliphatic heterocycles. The molecule has 0 atom stereocenters. The molecule has 50 valence electrons. The van der Waals surface area contributed by atoms with Crippen LogP contribution in [0, 0.1) is 10.8 Å². The standard InChI is InChI=1S/C4H9N5/c5-1-2-9-4(8)3(6)7/h1-2H,5H2,(H3,6,7)(H2,8,9)/b2-1-. The lowest BCUT2D eigenvalue weighted by Gasteiger charge is -1.96. The van der Waals surface area contributed by atoms with Gasteiger partial charge in [0.15, 0.2) is 11.7 Å². The molecule has 0 saturated carbocycles. The first-order chi connectivity index (χ1) is 4.18. The summed E-state index contributed by atoms with van der Waals surface area (Å²) in [6.07, 6.45) is 2.54. The molecule has 0 spiro atoms. The Labute approximate surface area is 52.7 Å². The molecule has 7 N–H and O–H groups in total. The predicted molar refractivity (Wildman–Crippen MR) is 36.1 cm³/mol. The number of rotatable bonds is 1. The van der Waals surface area contributed by atoms with Gasteiger partial charge in [0.05, 0.1) is 0 Å². The molecule has 0 aromatic carbocycles. The summed E-state index contributed by atoms with van der Waals surface area (Å²) in [4.78, 5) is 0. The molecule has 0 heterocycles. The van der Waals surface area contributed by atoms with Gasteiger partial charge < -0.3 is 16.8 Å². The van der Waals surface area contributed by atoms with Gasteiger partial charge in [-0.25, -0.2) is 0 Å². The van der Waals surface area contributed by atoms with Crippen molar-refractivity contribution in [1.29, 1.82) is 10.8 Å². The molecule has 0 aliphatic carbocycles. The molecular weight excluding hydrogens is 118 g/mol. The lowest BCUT2D eigenvalue weighted by Crippen LogP contribution is -2.31. The van der Waals surface area contributed by atoms with Gasteiger partial charge in [-0.2, -0.15) is 0 Å². The Bertz CT molecular complexity index is 147. The molecule has 0 rings (SSSR count). The Balaban J connectivity index is 3.65. The van der Waals surface area contributed by atoms with E-state index in [4.69, 9.17) is 22.3 Å². The van der Waals surface area contributed by atoms with Crippen LogP contribution >= 0.6 is 0 Å². The van der Waals surface area contributed by atoms with Crippen molar-refractivity contribution >= 4 is 11.7 Å². The van der Waals surface area contributed by atoms with Crippen LogP contribution < -0.4 is 16.8 Å². The predicted octanol–water partition coefficient (Wildman–Crippen LogP) is -1.08. The second-order valence-corrected chi connectivity index (χ2v) is 1.29. The van der Waals surface area contributed by atoms with Crippen LogP contribution in [-0.2, 0) is 0 Å². The van der Waals surface area contributed by atoms with E-state index in [2.05, 4.69) is 5.32 Å². The van der Waals surface area contributed by atoms with Crippen molar-refractivity contribution in [1.82, 2.24) is 5.32 Å². The van der Waals surface area contributed by atoms with Crippen LogP contribution in [0.5, 0.6) is 0 Å². The molecule has 0 aromatic rings. The first-order valence-corrected chi connectivity index (χ1v) is 2.24. The Hall–Kier alpha value is -1.52. The molecule has 0 unspecified atom stereocenters. The maximum absolute atomic E-state index is 6.88. The van der Waals surface area contributed by atoms with Crippen LogP contribution in [0.2, 0.25) is 0 Å². The lowest BCUT2D eigenvalue weighted by molar-refractivity contribution is 1.22. The largest absolute Gasteiger partial charge is 0.403 e. The zero-order valence-electron chi connectivity index (χ0n) is 4.81. The third-order valence-corrected chi connectivity index (χ3v) is 0.593. The van der Waals surface area contributed by atoms with Gasteiger partial charge >= 0.3 is 0 Å². The van der Waals surface area contributed by atoms with Crippen LogP contribution in [0.1, 0.15) is 0 Å². The zero-order valence-corrected chi connectivity index (χ0v) is 4.81. The summed E-state index contributed by atoms with van der Waals surface area (Å²) >= 11 is 0. The Morgan fingerprint density at radius 2 is 2.00 bits per heavy atom. The third-order valence-electron chi connectivity index (χ3n) is 0.593. The summed E-state index contributed by atoms with van der Waals surface area (Å²) in [5.41, 5.74) is 9.82. The topological polar surface area (TPSA) is 112 Å². The van der Waals surface area contributed by atoms with Gasteiger partial charge in [-0.3, -0.25) is 10.8 Å². The maximum Gasteiger partial charge on any atom is 0.164 e. The minimum absolute atomic E-state index is 0.156. The van der Waals surface area contributed by atoms with Crippen molar-refractivity contribution in [3.05, 3.63) is 12.4 Å². The van der Waals surface area contributed by atoms with Crippen LogP contribution in [0.25, 0.3) is 0 Å². The molecule has 0 amide bonds.